The van der Waals surface area contributed by atoms with Crippen LogP contribution in [0.15, 0.2) is 12.1 Å². The molecule has 3 aliphatic carbocycles. The van der Waals surface area contributed by atoms with Crippen molar-refractivity contribution in [3.63, 3.8) is 0 Å². The quantitative estimate of drug-likeness (QED) is 0.273. The predicted molar refractivity (Wildman–Crippen MR) is 162 cm³/mol. The molecule has 226 valence electrons. The lowest BCUT2D eigenvalue weighted by Crippen LogP contribution is -2.69. The number of benzene rings is 1. The lowest BCUT2D eigenvalue weighted by atomic mass is 9.51. The molecule has 41 heavy (non-hydrogen) atoms. The van der Waals surface area contributed by atoms with Gasteiger partial charge in [-0.2, -0.15) is 0 Å². The van der Waals surface area contributed by atoms with E-state index in [4.69, 9.17) is 9.47 Å². The van der Waals surface area contributed by atoms with Gasteiger partial charge in [-0.25, -0.2) is 0 Å². The molecule has 3 fully saturated rings. The molecule has 0 N–H and O–H groups in total. The second kappa shape index (κ2) is 12.3. The average Bonchev–Trinajstić information content (AvgIpc) is 3.33. The lowest BCUT2D eigenvalue weighted by Gasteiger charge is -2.60. The Hall–Kier alpha value is -2.08. The molecule has 0 aromatic heterocycles. The molecule has 6 nitrogen and oxygen atoms in total. The van der Waals surface area contributed by atoms with E-state index in [1.165, 1.54) is 56.1 Å². The number of nitrogens with zero attached hydrogens (tertiary/aromatic N) is 2. The molecule has 2 bridgehead atoms. The van der Waals surface area contributed by atoms with Crippen molar-refractivity contribution in [2.75, 3.05) is 26.7 Å². The first kappa shape index (κ1) is 29.0. The van der Waals surface area contributed by atoms with Gasteiger partial charge in [0.2, 0.25) is 5.91 Å². The van der Waals surface area contributed by atoms with E-state index in [2.05, 4.69) is 28.9 Å². The Balaban J connectivity index is 1.26. The number of methoxy groups -OCH3 is 1. The predicted octanol–water partition coefficient (Wildman–Crippen LogP) is 6.46. The van der Waals surface area contributed by atoms with Crippen LogP contribution in [0.1, 0.15) is 115 Å². The van der Waals surface area contributed by atoms with Crippen molar-refractivity contribution >= 4 is 11.7 Å². The summed E-state index contributed by atoms with van der Waals surface area (Å²) < 4.78 is 12.9. The van der Waals surface area contributed by atoms with Crippen molar-refractivity contribution in [1.82, 2.24) is 9.80 Å². The molecule has 2 saturated carbocycles. The van der Waals surface area contributed by atoms with Crippen LogP contribution in [-0.4, -0.2) is 66.4 Å². The van der Waals surface area contributed by atoms with Gasteiger partial charge in [0.05, 0.1) is 19.7 Å². The van der Waals surface area contributed by atoms with Crippen LogP contribution in [0.4, 0.5) is 0 Å². The minimum Gasteiger partial charge on any atom is -0.493 e. The SMILES string of the molecule is CCCCN(C(=O)CCCCC1CCCCC1)[C@@H]1CC[C@H]2[C@H]3Cc4ccc(OC)c5c4[C@@]2(CCN3CC(C)=O)[C@H]1O5. The van der Waals surface area contributed by atoms with Gasteiger partial charge in [-0.05, 0) is 75.5 Å². The van der Waals surface area contributed by atoms with Gasteiger partial charge in [0.25, 0.3) is 0 Å². The van der Waals surface area contributed by atoms with E-state index in [1.54, 1.807) is 14.0 Å². The van der Waals surface area contributed by atoms with Crippen molar-refractivity contribution in [1.29, 1.82) is 0 Å². The maximum Gasteiger partial charge on any atom is 0.222 e. The molecule has 1 saturated heterocycles. The fourth-order valence-electron chi connectivity index (χ4n) is 9.68. The van der Waals surface area contributed by atoms with Crippen LogP contribution in [0.25, 0.3) is 0 Å². The molecular weight excluding hydrogens is 512 g/mol. The van der Waals surface area contributed by atoms with E-state index in [-0.39, 0.29) is 23.3 Å². The summed E-state index contributed by atoms with van der Waals surface area (Å²) in [6.45, 7) is 6.20. The molecule has 1 aromatic rings. The van der Waals surface area contributed by atoms with Crippen molar-refractivity contribution in [3.05, 3.63) is 23.3 Å². The topological polar surface area (TPSA) is 59.1 Å². The maximum absolute atomic E-state index is 14.0. The lowest BCUT2D eigenvalue weighted by molar-refractivity contribution is -0.143. The number of hydrogen-bond acceptors (Lipinski definition) is 5. The van der Waals surface area contributed by atoms with Gasteiger partial charge >= 0.3 is 0 Å². The zero-order valence-electron chi connectivity index (χ0n) is 25.8. The molecule has 5 atom stereocenters. The largest absolute Gasteiger partial charge is 0.493 e. The first-order valence-corrected chi connectivity index (χ1v) is 16.9. The number of ether oxygens (including phenoxy) is 2. The number of unbranched alkanes of at least 4 members (excludes halogenated alkanes) is 2. The summed E-state index contributed by atoms with van der Waals surface area (Å²) in [5.74, 6) is 3.65. The number of ketones is 1. The van der Waals surface area contributed by atoms with Crippen LogP contribution in [0, 0.1) is 11.8 Å². The molecule has 0 unspecified atom stereocenters. The maximum atomic E-state index is 14.0. The number of Topliss-reactive ketones (excluding diaryl/α,β-unsaturated/α-hetero) is 1. The van der Waals surface area contributed by atoms with Crippen LogP contribution in [-0.2, 0) is 21.4 Å². The third-order valence-corrected chi connectivity index (χ3v) is 11.5. The zero-order chi connectivity index (χ0) is 28.6. The highest BCUT2D eigenvalue weighted by atomic mass is 16.5. The Morgan fingerprint density at radius 2 is 1.93 bits per heavy atom. The van der Waals surface area contributed by atoms with Gasteiger partial charge < -0.3 is 14.4 Å². The van der Waals surface area contributed by atoms with Crippen molar-refractivity contribution in [2.24, 2.45) is 11.8 Å². The Labute approximate surface area is 247 Å². The molecule has 6 heteroatoms. The Kier molecular flexibility index (Phi) is 8.68. The summed E-state index contributed by atoms with van der Waals surface area (Å²) in [5, 5.41) is 0. The van der Waals surface area contributed by atoms with E-state index >= 15 is 0 Å². The first-order chi connectivity index (χ1) is 20.0. The van der Waals surface area contributed by atoms with E-state index in [0.717, 1.165) is 75.5 Å². The standard InChI is InChI=1S/C35H52N2O4/c1-4-5-20-37(31(39)14-10-9-13-25-11-7-6-8-12-25)28-17-16-27-29-22-26-15-18-30(40-3)33-32(26)35(27,34(28)41-33)19-21-36(29)23-24(2)38/h15,18,25,27-29,34H,4-14,16-17,19-23H2,1-3H3/t27-,28+,29+,34-,35-/m0/s1. The van der Waals surface area contributed by atoms with Crippen molar-refractivity contribution in [2.45, 2.75) is 134 Å². The third kappa shape index (κ3) is 5.21. The summed E-state index contributed by atoms with van der Waals surface area (Å²) in [6, 6.07) is 4.74. The highest BCUT2D eigenvalue weighted by Crippen LogP contribution is 2.64. The Morgan fingerprint density at radius 3 is 2.68 bits per heavy atom. The van der Waals surface area contributed by atoms with E-state index in [0.29, 0.717) is 30.8 Å². The van der Waals surface area contributed by atoms with Gasteiger partial charge in [0.15, 0.2) is 11.5 Å². The number of rotatable bonds is 12. The number of carbonyl (C=O) groups is 2. The highest BCUT2D eigenvalue weighted by molar-refractivity contribution is 5.78. The minimum absolute atomic E-state index is 0.0448. The summed E-state index contributed by atoms with van der Waals surface area (Å²) in [7, 11) is 1.74. The number of piperidine rings is 1. The monoisotopic (exact) mass is 564 g/mol. The second-order valence-electron chi connectivity index (χ2n) is 13.8. The second-order valence-corrected chi connectivity index (χ2v) is 13.8. The molecular formula is C35H52N2O4. The molecule has 0 radical (unpaired) electrons. The minimum atomic E-state index is -0.107. The zero-order valence-corrected chi connectivity index (χ0v) is 25.8. The van der Waals surface area contributed by atoms with Crippen LogP contribution < -0.4 is 9.47 Å². The number of likely N-dealkylation sites (tertiary alicyclic amines) is 1. The Bertz CT molecular complexity index is 1110. The fourth-order valence-corrected chi connectivity index (χ4v) is 9.68. The summed E-state index contributed by atoms with van der Waals surface area (Å²) in [5.41, 5.74) is 2.61. The summed E-state index contributed by atoms with van der Waals surface area (Å²) >= 11 is 0. The van der Waals surface area contributed by atoms with Gasteiger partial charge in [0, 0.05) is 30.0 Å². The number of hydrogen-bond donors (Lipinski definition) is 0. The first-order valence-electron chi connectivity index (χ1n) is 16.9. The van der Waals surface area contributed by atoms with E-state index in [9.17, 15) is 9.59 Å². The number of amides is 1. The van der Waals surface area contributed by atoms with Crippen LogP contribution in [0.2, 0.25) is 0 Å². The molecule has 2 aliphatic heterocycles. The fraction of sp³-hybridized carbons (Fsp3) is 0.771. The third-order valence-electron chi connectivity index (χ3n) is 11.5. The summed E-state index contributed by atoms with van der Waals surface area (Å²) in [6.07, 6.45) is 17.2. The van der Waals surface area contributed by atoms with Crippen LogP contribution in [0.3, 0.4) is 0 Å². The molecule has 1 amide bonds. The molecule has 1 spiro atoms. The number of carbonyl (C=O) groups excluding carboxylic acids is 2. The van der Waals surface area contributed by atoms with Gasteiger partial charge in [-0.1, -0.05) is 64.4 Å². The van der Waals surface area contributed by atoms with Gasteiger partial charge in [-0.15, -0.1) is 0 Å². The van der Waals surface area contributed by atoms with Crippen molar-refractivity contribution < 1.29 is 19.1 Å². The molecule has 6 rings (SSSR count). The van der Waals surface area contributed by atoms with Crippen LogP contribution >= 0.6 is 0 Å². The molecule has 5 aliphatic rings. The van der Waals surface area contributed by atoms with E-state index in [1.807, 2.05) is 0 Å². The van der Waals surface area contributed by atoms with Crippen molar-refractivity contribution in [3.8, 4) is 11.5 Å². The average molecular weight is 565 g/mol. The van der Waals surface area contributed by atoms with Gasteiger partial charge in [0.1, 0.15) is 11.9 Å². The normalized spacial score (nSPS) is 30.4. The summed E-state index contributed by atoms with van der Waals surface area (Å²) in [4.78, 5) is 30.9. The van der Waals surface area contributed by atoms with E-state index < -0.39 is 0 Å². The van der Waals surface area contributed by atoms with Crippen LogP contribution in [0.5, 0.6) is 11.5 Å². The smallest absolute Gasteiger partial charge is 0.222 e. The molecule has 2 heterocycles. The highest BCUT2D eigenvalue weighted by Gasteiger charge is 2.66. The van der Waals surface area contributed by atoms with Gasteiger partial charge in [-0.3, -0.25) is 14.5 Å². The Morgan fingerprint density at radius 1 is 1.10 bits per heavy atom. The molecule has 1 aromatic carbocycles.